The van der Waals surface area contributed by atoms with Crippen LogP contribution in [0.25, 0.3) is 33.3 Å². The molecule has 1 N–H and O–H groups in total. The van der Waals surface area contributed by atoms with Crippen molar-refractivity contribution in [3.05, 3.63) is 60.3 Å². The van der Waals surface area contributed by atoms with Crippen LogP contribution in [0.15, 0.2) is 48.9 Å². The highest BCUT2D eigenvalue weighted by atomic mass is 19.1. The van der Waals surface area contributed by atoms with E-state index in [-0.39, 0.29) is 6.04 Å². The van der Waals surface area contributed by atoms with Crippen molar-refractivity contribution >= 4 is 22.1 Å². The fourth-order valence-electron chi connectivity index (χ4n) is 5.38. The first-order valence-corrected chi connectivity index (χ1v) is 12.9. The molecule has 2 fully saturated rings. The van der Waals surface area contributed by atoms with Crippen LogP contribution in [0.2, 0.25) is 0 Å². The summed E-state index contributed by atoms with van der Waals surface area (Å²) >= 11 is 0. The summed E-state index contributed by atoms with van der Waals surface area (Å²) in [5.41, 5.74) is 5.76. The molecular weight excluding hydrogens is 485 g/mol. The van der Waals surface area contributed by atoms with E-state index in [1.807, 2.05) is 50.4 Å². The lowest BCUT2D eigenvalue weighted by molar-refractivity contribution is -0.0847. The predicted octanol–water partition coefficient (Wildman–Crippen LogP) is 4.76. The minimum Gasteiger partial charge on any atom is -0.457 e. The molecule has 2 aliphatic heterocycles. The third kappa shape index (κ3) is 4.10. The summed E-state index contributed by atoms with van der Waals surface area (Å²) in [5, 5.41) is 4.51. The van der Waals surface area contributed by atoms with Crippen molar-refractivity contribution in [1.82, 2.24) is 34.6 Å². The number of hydrogen-bond acceptors (Lipinski definition) is 7. The molecule has 9 nitrogen and oxygen atoms in total. The molecule has 2 aromatic carbocycles. The van der Waals surface area contributed by atoms with Crippen molar-refractivity contribution in [2.45, 2.75) is 38.5 Å². The molecule has 7 rings (SSSR count). The third-order valence-corrected chi connectivity index (χ3v) is 7.63. The smallest absolute Gasteiger partial charge is 0.135 e. The Morgan fingerprint density at radius 2 is 1.95 bits per heavy atom. The first-order valence-electron chi connectivity index (χ1n) is 12.9. The molecule has 194 valence electrons. The number of aromatic amines is 1. The SMILES string of the molecule is Cc1nc2ccc(Oc3ccc4ncc(-c5cnn([C@H]6CCN(C7COC7)C[C@@H]6F)c5)nc4c3C)cc2[nH]1. The van der Waals surface area contributed by atoms with Gasteiger partial charge in [0.05, 0.1) is 65.5 Å². The standard InChI is InChI=1S/C28H28FN7O2/c1-16-27(38-20-3-4-22-24(9-20)33-17(2)32-22)6-5-23-28(16)34-25(11-30-23)18-10-31-36(12-18)26-7-8-35(13-21(26)29)19-14-37-15-19/h3-6,9-12,19,21,26H,7-8,13-15H2,1-2H3,(H,32,33)/t21-,26-/m0/s1. The maximum absolute atomic E-state index is 15.1. The highest BCUT2D eigenvalue weighted by molar-refractivity contribution is 5.82. The summed E-state index contributed by atoms with van der Waals surface area (Å²) in [7, 11) is 0. The summed E-state index contributed by atoms with van der Waals surface area (Å²) in [4.78, 5) is 19.4. The maximum Gasteiger partial charge on any atom is 0.135 e. The average Bonchev–Trinajstić information content (AvgIpc) is 3.51. The van der Waals surface area contributed by atoms with E-state index in [1.165, 1.54) is 0 Å². The van der Waals surface area contributed by atoms with Gasteiger partial charge in [0.15, 0.2) is 0 Å². The van der Waals surface area contributed by atoms with Crippen molar-refractivity contribution < 1.29 is 13.9 Å². The van der Waals surface area contributed by atoms with Gasteiger partial charge in [-0.05, 0) is 44.5 Å². The van der Waals surface area contributed by atoms with Crippen LogP contribution < -0.4 is 4.74 Å². The molecule has 0 amide bonds. The second-order valence-corrected chi connectivity index (χ2v) is 10.2. The number of halogens is 1. The Morgan fingerprint density at radius 3 is 2.76 bits per heavy atom. The molecule has 0 saturated carbocycles. The number of ether oxygens (including phenoxy) is 2. The van der Waals surface area contributed by atoms with Gasteiger partial charge < -0.3 is 14.5 Å². The number of benzene rings is 2. The van der Waals surface area contributed by atoms with Crippen LogP contribution in [0.5, 0.6) is 11.5 Å². The number of hydrogen-bond donors (Lipinski definition) is 1. The lowest BCUT2D eigenvalue weighted by Crippen LogP contribution is -2.55. The molecule has 0 aliphatic carbocycles. The minimum absolute atomic E-state index is 0.285. The highest BCUT2D eigenvalue weighted by Crippen LogP contribution is 2.33. The Kier molecular flexibility index (Phi) is 5.59. The Labute approximate surface area is 218 Å². The van der Waals surface area contributed by atoms with Gasteiger partial charge in [-0.2, -0.15) is 5.10 Å². The van der Waals surface area contributed by atoms with E-state index < -0.39 is 6.17 Å². The van der Waals surface area contributed by atoms with Gasteiger partial charge in [0.25, 0.3) is 0 Å². The van der Waals surface area contributed by atoms with Crippen LogP contribution in [-0.2, 0) is 4.74 Å². The van der Waals surface area contributed by atoms with Gasteiger partial charge in [0, 0.05) is 36.5 Å². The Hall–Kier alpha value is -3.89. The van der Waals surface area contributed by atoms with Crippen LogP contribution in [0.4, 0.5) is 4.39 Å². The molecule has 2 aliphatic rings. The number of likely N-dealkylation sites (tertiary alicyclic amines) is 1. The van der Waals surface area contributed by atoms with Crippen molar-refractivity contribution in [3.8, 4) is 22.8 Å². The predicted molar refractivity (Wildman–Crippen MR) is 141 cm³/mol. The quantitative estimate of drug-likeness (QED) is 0.362. The first kappa shape index (κ1) is 23.2. The third-order valence-electron chi connectivity index (χ3n) is 7.63. The molecule has 2 atom stereocenters. The summed E-state index contributed by atoms with van der Waals surface area (Å²) < 4.78 is 28.3. The van der Waals surface area contributed by atoms with Crippen LogP contribution in [0, 0.1) is 13.8 Å². The zero-order valence-corrected chi connectivity index (χ0v) is 21.3. The number of alkyl halides is 1. The summed E-state index contributed by atoms with van der Waals surface area (Å²) in [5.74, 6) is 2.28. The second kappa shape index (κ2) is 9.14. The van der Waals surface area contributed by atoms with Crippen LogP contribution in [0.3, 0.4) is 0 Å². The summed E-state index contributed by atoms with van der Waals surface area (Å²) in [6, 6.07) is 9.68. The number of rotatable bonds is 5. The van der Waals surface area contributed by atoms with Gasteiger partial charge in [-0.25, -0.2) is 14.4 Å². The fraction of sp³-hybridized carbons (Fsp3) is 0.357. The van der Waals surface area contributed by atoms with Gasteiger partial charge in [-0.15, -0.1) is 0 Å². The average molecular weight is 514 g/mol. The number of piperidine rings is 1. The number of fused-ring (bicyclic) bond motifs is 2. The normalized spacial score (nSPS) is 20.7. The number of H-pyrrole nitrogens is 1. The van der Waals surface area contributed by atoms with Crippen LogP contribution >= 0.6 is 0 Å². The van der Waals surface area contributed by atoms with E-state index in [1.54, 1.807) is 17.1 Å². The lowest BCUT2D eigenvalue weighted by atomic mass is 10.0. The minimum atomic E-state index is -0.980. The molecule has 0 spiro atoms. The molecule has 5 heterocycles. The van der Waals surface area contributed by atoms with Crippen molar-refractivity contribution in [2.75, 3.05) is 26.3 Å². The molecule has 3 aromatic heterocycles. The van der Waals surface area contributed by atoms with E-state index in [4.69, 9.17) is 14.5 Å². The van der Waals surface area contributed by atoms with E-state index in [0.29, 0.717) is 49.4 Å². The van der Waals surface area contributed by atoms with Gasteiger partial charge in [-0.1, -0.05) is 0 Å². The Morgan fingerprint density at radius 1 is 1.08 bits per heavy atom. The van der Waals surface area contributed by atoms with Crippen LogP contribution in [0.1, 0.15) is 23.9 Å². The number of nitrogens with zero attached hydrogens (tertiary/aromatic N) is 6. The molecule has 5 aromatic rings. The van der Waals surface area contributed by atoms with Crippen molar-refractivity contribution in [3.63, 3.8) is 0 Å². The second-order valence-electron chi connectivity index (χ2n) is 10.2. The highest BCUT2D eigenvalue weighted by Gasteiger charge is 2.36. The zero-order chi connectivity index (χ0) is 25.8. The van der Waals surface area contributed by atoms with Gasteiger partial charge >= 0.3 is 0 Å². The van der Waals surface area contributed by atoms with Gasteiger partial charge in [-0.3, -0.25) is 14.6 Å². The summed E-state index contributed by atoms with van der Waals surface area (Å²) in [6.07, 6.45) is 5.10. The maximum atomic E-state index is 15.1. The summed E-state index contributed by atoms with van der Waals surface area (Å²) in [6.45, 7) is 6.58. The van der Waals surface area contributed by atoms with Gasteiger partial charge in [0.1, 0.15) is 23.5 Å². The molecule has 0 radical (unpaired) electrons. The monoisotopic (exact) mass is 513 g/mol. The Balaban J connectivity index is 1.14. The van der Waals surface area contributed by atoms with E-state index in [0.717, 1.165) is 45.6 Å². The number of nitrogens with one attached hydrogen (secondary N) is 1. The van der Waals surface area contributed by atoms with E-state index in [2.05, 4.69) is 25.0 Å². The molecule has 2 saturated heterocycles. The van der Waals surface area contributed by atoms with Gasteiger partial charge in [0.2, 0.25) is 0 Å². The number of imidazole rings is 1. The number of aromatic nitrogens is 6. The van der Waals surface area contributed by atoms with Crippen molar-refractivity contribution in [1.29, 1.82) is 0 Å². The molecule has 0 bridgehead atoms. The Bertz CT molecular complexity index is 1640. The zero-order valence-electron chi connectivity index (χ0n) is 21.3. The van der Waals surface area contributed by atoms with Crippen molar-refractivity contribution in [2.24, 2.45) is 0 Å². The molecule has 10 heteroatoms. The largest absolute Gasteiger partial charge is 0.457 e. The lowest BCUT2D eigenvalue weighted by Gasteiger charge is -2.42. The topological polar surface area (TPSA) is 94.0 Å². The molecular formula is C28H28FN7O2. The number of aryl methyl sites for hydroxylation is 2. The van der Waals surface area contributed by atoms with Crippen LogP contribution in [-0.4, -0.2) is 73.1 Å². The first-order chi connectivity index (χ1) is 18.5. The molecule has 0 unspecified atom stereocenters. The molecule has 38 heavy (non-hydrogen) atoms. The van der Waals surface area contributed by atoms with E-state index in [9.17, 15) is 0 Å². The fourth-order valence-corrected chi connectivity index (χ4v) is 5.38. The van der Waals surface area contributed by atoms with E-state index >= 15 is 4.39 Å².